The topological polar surface area (TPSA) is 131 Å². The Morgan fingerprint density at radius 1 is 0.886 bits per heavy atom. The molecule has 238 valence electrons. The van der Waals surface area contributed by atoms with Crippen LogP contribution in [0.25, 0.3) is 0 Å². The Hall–Kier alpha value is -3.89. The minimum absolute atomic E-state index is 0.145. The number of nitrogens with one attached hydrogen (secondary N) is 2. The van der Waals surface area contributed by atoms with Crippen molar-refractivity contribution in [1.82, 2.24) is 14.9 Å². The van der Waals surface area contributed by atoms with Crippen molar-refractivity contribution in [2.45, 2.75) is 69.9 Å². The van der Waals surface area contributed by atoms with Gasteiger partial charge in [0, 0.05) is 31.2 Å². The van der Waals surface area contributed by atoms with Crippen molar-refractivity contribution in [3.05, 3.63) is 90.0 Å². The molecular formula is C34H46N4O5S. The zero-order valence-corrected chi connectivity index (χ0v) is 27.0. The van der Waals surface area contributed by atoms with Crippen LogP contribution in [-0.2, 0) is 32.5 Å². The first kappa shape index (κ1) is 34.6. The molecule has 10 heteroatoms. The summed E-state index contributed by atoms with van der Waals surface area (Å²) in [6.07, 6.45) is 2.55. The summed E-state index contributed by atoms with van der Waals surface area (Å²) in [5.74, 6) is 0.368. The van der Waals surface area contributed by atoms with E-state index < -0.39 is 16.1 Å². The number of nitrogen functional groups attached to an aromatic ring is 1. The smallest absolute Gasteiger partial charge is 0.243 e. The molecule has 0 radical (unpaired) electrons. The van der Waals surface area contributed by atoms with Gasteiger partial charge in [0.05, 0.1) is 18.4 Å². The van der Waals surface area contributed by atoms with E-state index in [4.69, 9.17) is 10.5 Å². The molecule has 0 spiro atoms. The van der Waals surface area contributed by atoms with Crippen molar-refractivity contribution in [3.8, 4) is 5.75 Å². The maximum Gasteiger partial charge on any atom is 0.243 e. The summed E-state index contributed by atoms with van der Waals surface area (Å²) in [5, 5.41) is 5.88. The van der Waals surface area contributed by atoms with Gasteiger partial charge in [-0.2, -0.15) is 4.31 Å². The molecule has 0 saturated heterocycles. The number of methoxy groups -OCH3 is 1. The van der Waals surface area contributed by atoms with Gasteiger partial charge in [-0.15, -0.1) is 0 Å². The lowest BCUT2D eigenvalue weighted by Gasteiger charge is -2.30. The van der Waals surface area contributed by atoms with E-state index in [1.165, 1.54) is 0 Å². The second-order valence-corrected chi connectivity index (χ2v) is 13.4. The Labute approximate surface area is 262 Å². The number of carbonyl (C=O) groups excluding carboxylic acids is 2. The molecule has 0 saturated carbocycles. The molecule has 0 unspecified atom stereocenters. The van der Waals surface area contributed by atoms with Gasteiger partial charge < -0.3 is 21.1 Å². The summed E-state index contributed by atoms with van der Waals surface area (Å²) in [7, 11) is -2.10. The summed E-state index contributed by atoms with van der Waals surface area (Å²) in [5.41, 5.74) is 8.04. The lowest BCUT2D eigenvalue weighted by Crippen LogP contribution is -2.48. The molecule has 2 atom stereocenters. The molecule has 9 nitrogen and oxygen atoms in total. The van der Waals surface area contributed by atoms with Crippen LogP contribution in [0.5, 0.6) is 5.75 Å². The van der Waals surface area contributed by atoms with Crippen molar-refractivity contribution in [3.63, 3.8) is 0 Å². The highest BCUT2D eigenvalue weighted by Crippen LogP contribution is 2.23. The monoisotopic (exact) mass is 622 g/mol. The van der Waals surface area contributed by atoms with E-state index in [9.17, 15) is 18.0 Å². The van der Waals surface area contributed by atoms with E-state index in [1.54, 1.807) is 47.8 Å². The molecule has 0 aliphatic rings. The number of sulfonamides is 1. The minimum atomic E-state index is -3.69. The van der Waals surface area contributed by atoms with Crippen molar-refractivity contribution < 1.29 is 22.7 Å². The van der Waals surface area contributed by atoms with Crippen LogP contribution in [0.15, 0.2) is 83.8 Å². The number of unbranched alkanes of at least 4 members (excludes halogenated alkanes) is 1. The molecule has 3 aromatic rings. The van der Waals surface area contributed by atoms with Crippen molar-refractivity contribution in [1.29, 1.82) is 0 Å². The van der Waals surface area contributed by atoms with Crippen LogP contribution < -0.4 is 21.1 Å². The van der Waals surface area contributed by atoms with Gasteiger partial charge in [-0.3, -0.25) is 9.59 Å². The first-order valence-electron chi connectivity index (χ1n) is 15.1. The third-order valence-corrected chi connectivity index (χ3v) is 9.32. The molecule has 0 aromatic heterocycles. The van der Waals surface area contributed by atoms with Crippen molar-refractivity contribution >= 4 is 27.5 Å². The Balaban J connectivity index is 1.55. The number of hydrogen-bond acceptors (Lipinski definition) is 6. The number of nitrogens with zero attached hydrogens (tertiary/aromatic N) is 1. The average Bonchev–Trinajstić information content (AvgIpc) is 3.00. The molecule has 0 aliphatic heterocycles. The third kappa shape index (κ3) is 10.7. The van der Waals surface area contributed by atoms with E-state index in [0.29, 0.717) is 43.8 Å². The fourth-order valence-electron chi connectivity index (χ4n) is 4.93. The molecular weight excluding hydrogens is 576 g/mol. The Morgan fingerprint density at radius 2 is 1.55 bits per heavy atom. The molecule has 4 N–H and O–H groups in total. The van der Waals surface area contributed by atoms with Gasteiger partial charge in [0.25, 0.3) is 0 Å². The predicted octanol–water partition coefficient (Wildman–Crippen LogP) is 4.57. The average molecular weight is 623 g/mol. The molecule has 0 aliphatic carbocycles. The highest BCUT2D eigenvalue weighted by atomic mass is 32.2. The highest BCUT2D eigenvalue weighted by Gasteiger charge is 2.29. The molecule has 0 heterocycles. The van der Waals surface area contributed by atoms with Crippen LogP contribution in [-0.4, -0.2) is 56.8 Å². The van der Waals surface area contributed by atoms with Gasteiger partial charge in [-0.25, -0.2) is 8.42 Å². The van der Waals surface area contributed by atoms with E-state index >= 15 is 0 Å². The maximum atomic E-state index is 13.4. The number of ether oxygens (including phenoxy) is 1. The SMILES string of the molecule is COc1ccc(CC(=O)N[C@@H](Cc2ccccc2)C(=O)NCCCC[C@@H](C)N(CC(C)C)S(=O)(=O)c2ccc(N)cc2)cc1. The number of benzene rings is 3. The first-order valence-corrected chi connectivity index (χ1v) is 16.5. The zero-order chi connectivity index (χ0) is 32.1. The van der Waals surface area contributed by atoms with Crippen molar-refractivity contribution in [2.75, 3.05) is 25.9 Å². The predicted molar refractivity (Wildman–Crippen MR) is 175 cm³/mol. The number of anilines is 1. The fourth-order valence-corrected chi connectivity index (χ4v) is 6.75. The Morgan fingerprint density at radius 3 is 2.16 bits per heavy atom. The summed E-state index contributed by atoms with van der Waals surface area (Å²) >= 11 is 0. The lowest BCUT2D eigenvalue weighted by molar-refractivity contribution is -0.128. The van der Waals surface area contributed by atoms with Crippen LogP contribution in [0.3, 0.4) is 0 Å². The summed E-state index contributed by atoms with van der Waals surface area (Å²) in [6, 6.07) is 22.2. The summed E-state index contributed by atoms with van der Waals surface area (Å²) < 4.78 is 33.6. The van der Waals surface area contributed by atoms with Crippen molar-refractivity contribution in [2.24, 2.45) is 5.92 Å². The molecule has 3 rings (SSSR count). The van der Waals surface area contributed by atoms with Gasteiger partial charge in [-0.05, 0) is 73.2 Å². The van der Waals surface area contributed by atoms with Crippen LogP contribution >= 0.6 is 0 Å². The first-order chi connectivity index (χ1) is 21.0. The lowest BCUT2D eigenvalue weighted by atomic mass is 10.0. The van der Waals surface area contributed by atoms with Gasteiger partial charge in [0.15, 0.2) is 0 Å². The molecule has 2 amide bonds. The number of carbonyl (C=O) groups is 2. The zero-order valence-electron chi connectivity index (χ0n) is 26.2. The number of hydrogen-bond donors (Lipinski definition) is 3. The Kier molecular flexibility index (Phi) is 13.2. The number of nitrogens with two attached hydrogens (primary N) is 1. The normalized spacial score (nSPS) is 13.0. The second kappa shape index (κ2) is 16.8. The quantitative estimate of drug-likeness (QED) is 0.149. The van der Waals surface area contributed by atoms with Gasteiger partial charge in [-0.1, -0.05) is 62.7 Å². The van der Waals surface area contributed by atoms with Crippen LogP contribution in [0.2, 0.25) is 0 Å². The van der Waals surface area contributed by atoms with E-state index in [1.807, 2.05) is 63.2 Å². The third-order valence-electron chi connectivity index (χ3n) is 7.33. The van der Waals surface area contributed by atoms with E-state index in [2.05, 4.69) is 10.6 Å². The highest BCUT2D eigenvalue weighted by molar-refractivity contribution is 7.89. The largest absolute Gasteiger partial charge is 0.497 e. The molecule has 0 fully saturated rings. The minimum Gasteiger partial charge on any atom is -0.497 e. The standard InChI is InChI=1S/C34H46N4O5S/c1-25(2)24-38(44(41,42)31-19-15-29(35)16-20-31)26(3)10-8-9-21-36-34(40)32(22-27-11-6-5-7-12-27)37-33(39)23-28-13-17-30(43-4)18-14-28/h5-7,11-20,25-26,32H,8-10,21-24,35H2,1-4H3,(H,36,40)(H,37,39)/t26-,32+/m1/s1. The number of rotatable bonds is 17. The van der Waals surface area contributed by atoms with Gasteiger partial charge in [0.1, 0.15) is 11.8 Å². The van der Waals surface area contributed by atoms with Crippen LogP contribution in [0, 0.1) is 5.92 Å². The second-order valence-electron chi connectivity index (χ2n) is 11.5. The van der Waals surface area contributed by atoms with Crippen LogP contribution in [0.1, 0.15) is 51.2 Å². The molecule has 44 heavy (non-hydrogen) atoms. The molecule has 3 aromatic carbocycles. The summed E-state index contributed by atoms with van der Waals surface area (Å²) in [4.78, 5) is 26.3. The van der Waals surface area contributed by atoms with Crippen LogP contribution in [0.4, 0.5) is 5.69 Å². The maximum absolute atomic E-state index is 13.4. The Bertz CT molecular complexity index is 1430. The fraction of sp³-hybridized carbons (Fsp3) is 0.412. The summed E-state index contributed by atoms with van der Waals surface area (Å²) in [6.45, 7) is 6.73. The van der Waals surface area contributed by atoms with E-state index in [0.717, 1.165) is 17.5 Å². The van der Waals surface area contributed by atoms with Gasteiger partial charge in [0.2, 0.25) is 21.8 Å². The van der Waals surface area contributed by atoms with Gasteiger partial charge >= 0.3 is 0 Å². The number of amides is 2. The van der Waals surface area contributed by atoms with E-state index in [-0.39, 0.29) is 35.1 Å². The molecule has 0 bridgehead atoms.